The Balaban J connectivity index is 1.63. The molecule has 1 aliphatic rings. The van der Waals surface area contributed by atoms with E-state index < -0.39 is 46.4 Å². The van der Waals surface area contributed by atoms with Crippen LogP contribution < -0.4 is 15.8 Å². The molecule has 1 aromatic heterocycles. The average Bonchev–Trinajstić information content (AvgIpc) is 3.31. The van der Waals surface area contributed by atoms with Gasteiger partial charge in [0, 0.05) is 4.88 Å². The van der Waals surface area contributed by atoms with E-state index in [2.05, 4.69) is 10.0 Å². The number of nitrogens with one attached hydrogen (secondary N) is 2. The van der Waals surface area contributed by atoms with Gasteiger partial charge < -0.3 is 15.8 Å². The van der Waals surface area contributed by atoms with E-state index in [0.29, 0.717) is 10.6 Å². The predicted molar refractivity (Wildman–Crippen MR) is 120 cm³/mol. The molecule has 11 heteroatoms. The standard InChI is InChI=1S/C21H25N3O6S2/c1-12(2)18(24-32(28,29)13-7-4-3-5-8-13)21(27)30-11-16(25)23-20-17(19(22)26)14-9-6-10-15(14)31-20/h3-5,7-8,12,18,24H,6,9-11H2,1-2H3,(H2,22,26)(H,23,25)/t18-/m0/s1. The van der Waals surface area contributed by atoms with Crippen LogP contribution in [0.3, 0.4) is 0 Å². The Morgan fingerprint density at radius 3 is 2.47 bits per heavy atom. The van der Waals surface area contributed by atoms with E-state index in [9.17, 15) is 22.8 Å². The zero-order chi connectivity index (χ0) is 23.5. The van der Waals surface area contributed by atoms with Crippen LogP contribution in [-0.4, -0.2) is 38.9 Å². The van der Waals surface area contributed by atoms with Crippen LogP contribution in [-0.2, 0) is 37.2 Å². The van der Waals surface area contributed by atoms with Crippen LogP contribution in [0.15, 0.2) is 35.2 Å². The van der Waals surface area contributed by atoms with Gasteiger partial charge in [-0.1, -0.05) is 32.0 Å². The van der Waals surface area contributed by atoms with Gasteiger partial charge in [0.1, 0.15) is 11.0 Å². The SMILES string of the molecule is CC(C)[C@H](NS(=O)(=O)c1ccccc1)C(=O)OCC(=O)Nc1sc2c(c1C(N)=O)CCC2. The molecule has 172 valence electrons. The second-order valence-electron chi connectivity index (χ2n) is 7.74. The molecule has 4 N–H and O–H groups in total. The number of hydrogen-bond acceptors (Lipinski definition) is 7. The molecule has 0 unspecified atom stereocenters. The van der Waals surface area contributed by atoms with E-state index in [1.807, 2.05) is 0 Å². The number of hydrogen-bond donors (Lipinski definition) is 3. The van der Waals surface area contributed by atoms with Crippen molar-refractivity contribution in [2.75, 3.05) is 11.9 Å². The van der Waals surface area contributed by atoms with Gasteiger partial charge in [-0.3, -0.25) is 14.4 Å². The molecule has 0 bridgehead atoms. The van der Waals surface area contributed by atoms with Crippen LogP contribution in [0.4, 0.5) is 5.00 Å². The number of esters is 1. The third kappa shape index (κ3) is 5.34. The zero-order valence-corrected chi connectivity index (χ0v) is 19.3. The Morgan fingerprint density at radius 1 is 1.16 bits per heavy atom. The molecule has 0 fully saturated rings. The Kier molecular flexibility index (Phi) is 7.32. The van der Waals surface area contributed by atoms with Crippen molar-refractivity contribution in [3.8, 4) is 0 Å². The third-order valence-corrected chi connectivity index (χ3v) is 7.69. The minimum absolute atomic E-state index is 0.0147. The van der Waals surface area contributed by atoms with Crippen molar-refractivity contribution in [3.05, 3.63) is 46.3 Å². The van der Waals surface area contributed by atoms with Crippen LogP contribution in [0.5, 0.6) is 0 Å². The molecule has 2 amide bonds. The molecule has 1 aliphatic carbocycles. The van der Waals surface area contributed by atoms with Gasteiger partial charge in [-0.05, 0) is 42.9 Å². The number of anilines is 1. The molecule has 1 atom stereocenters. The number of amides is 2. The molecule has 0 spiro atoms. The Labute approximate surface area is 190 Å². The molecular formula is C21H25N3O6S2. The number of benzene rings is 1. The highest BCUT2D eigenvalue weighted by Gasteiger charge is 2.31. The van der Waals surface area contributed by atoms with E-state index >= 15 is 0 Å². The number of thiophene rings is 1. The van der Waals surface area contributed by atoms with Crippen molar-refractivity contribution < 1.29 is 27.5 Å². The van der Waals surface area contributed by atoms with E-state index in [4.69, 9.17) is 10.5 Å². The number of nitrogens with two attached hydrogens (primary N) is 1. The second-order valence-corrected chi connectivity index (χ2v) is 10.6. The van der Waals surface area contributed by atoms with E-state index in [0.717, 1.165) is 29.7 Å². The van der Waals surface area contributed by atoms with Crippen LogP contribution in [0.25, 0.3) is 0 Å². The maximum atomic E-state index is 12.6. The van der Waals surface area contributed by atoms with Crippen molar-refractivity contribution in [3.63, 3.8) is 0 Å². The average molecular weight is 480 g/mol. The summed E-state index contributed by atoms with van der Waals surface area (Å²) >= 11 is 1.29. The number of carbonyl (C=O) groups excluding carboxylic acids is 3. The summed E-state index contributed by atoms with van der Waals surface area (Å²) < 4.78 is 32.5. The lowest BCUT2D eigenvalue weighted by Gasteiger charge is -2.20. The number of aryl methyl sites for hydroxylation is 1. The molecule has 1 heterocycles. The van der Waals surface area contributed by atoms with Gasteiger partial charge in [0.15, 0.2) is 6.61 Å². The van der Waals surface area contributed by atoms with Gasteiger partial charge in [-0.2, -0.15) is 4.72 Å². The first kappa shape index (κ1) is 23.9. The Hall–Kier alpha value is -2.76. The van der Waals surface area contributed by atoms with E-state index in [1.54, 1.807) is 32.0 Å². The predicted octanol–water partition coefficient (Wildman–Crippen LogP) is 1.82. The summed E-state index contributed by atoms with van der Waals surface area (Å²) in [6.07, 6.45) is 2.48. The van der Waals surface area contributed by atoms with E-state index in [-0.39, 0.29) is 4.90 Å². The molecule has 0 radical (unpaired) electrons. The molecule has 0 saturated heterocycles. The second kappa shape index (κ2) is 9.80. The van der Waals surface area contributed by atoms with Gasteiger partial charge in [0.25, 0.3) is 11.8 Å². The van der Waals surface area contributed by atoms with Gasteiger partial charge >= 0.3 is 5.97 Å². The number of sulfonamides is 1. The summed E-state index contributed by atoms with van der Waals surface area (Å²) in [6, 6.07) is 6.46. The summed E-state index contributed by atoms with van der Waals surface area (Å²) in [5.74, 6) is -2.56. The van der Waals surface area contributed by atoms with Gasteiger partial charge in [-0.15, -0.1) is 11.3 Å². The quantitative estimate of drug-likeness (QED) is 0.468. The monoisotopic (exact) mass is 479 g/mol. The molecule has 2 aromatic rings. The number of primary amides is 1. The largest absolute Gasteiger partial charge is 0.454 e. The first-order valence-corrected chi connectivity index (χ1v) is 12.4. The summed E-state index contributed by atoms with van der Waals surface area (Å²) in [5, 5.41) is 2.92. The minimum Gasteiger partial charge on any atom is -0.454 e. The Morgan fingerprint density at radius 2 is 1.84 bits per heavy atom. The minimum atomic E-state index is -3.95. The number of ether oxygens (including phenoxy) is 1. The molecule has 3 rings (SSSR count). The van der Waals surface area contributed by atoms with Crippen LogP contribution in [0.1, 0.15) is 41.1 Å². The van der Waals surface area contributed by atoms with Crippen molar-refractivity contribution >= 4 is 44.1 Å². The van der Waals surface area contributed by atoms with E-state index in [1.165, 1.54) is 23.5 Å². The highest BCUT2D eigenvalue weighted by Crippen LogP contribution is 2.38. The summed E-state index contributed by atoms with van der Waals surface area (Å²) in [6.45, 7) is 2.69. The van der Waals surface area contributed by atoms with Gasteiger partial charge in [0.2, 0.25) is 10.0 Å². The fraction of sp³-hybridized carbons (Fsp3) is 0.381. The maximum absolute atomic E-state index is 12.6. The third-order valence-electron chi connectivity index (χ3n) is 5.02. The van der Waals surface area contributed by atoms with Crippen molar-refractivity contribution in [1.29, 1.82) is 0 Å². The van der Waals surface area contributed by atoms with Crippen LogP contribution in [0.2, 0.25) is 0 Å². The lowest BCUT2D eigenvalue weighted by molar-refractivity contribution is -0.150. The van der Waals surface area contributed by atoms with Crippen molar-refractivity contribution in [1.82, 2.24) is 4.72 Å². The number of fused-ring (bicyclic) bond motifs is 1. The topological polar surface area (TPSA) is 145 Å². The number of carbonyl (C=O) groups is 3. The first-order valence-electron chi connectivity index (χ1n) is 10.1. The zero-order valence-electron chi connectivity index (χ0n) is 17.7. The maximum Gasteiger partial charge on any atom is 0.324 e. The molecule has 0 aliphatic heterocycles. The Bertz CT molecular complexity index is 1130. The van der Waals surface area contributed by atoms with Crippen LogP contribution in [0, 0.1) is 5.92 Å². The molecule has 1 aromatic carbocycles. The lowest BCUT2D eigenvalue weighted by Crippen LogP contribution is -2.45. The first-order chi connectivity index (χ1) is 15.1. The summed E-state index contributed by atoms with van der Waals surface area (Å²) in [4.78, 5) is 37.7. The molecule has 0 saturated carbocycles. The highest BCUT2D eigenvalue weighted by molar-refractivity contribution is 7.89. The summed E-state index contributed by atoms with van der Waals surface area (Å²) in [7, 11) is -3.95. The fourth-order valence-corrected chi connectivity index (χ4v) is 6.10. The lowest BCUT2D eigenvalue weighted by atomic mass is 10.1. The smallest absolute Gasteiger partial charge is 0.324 e. The van der Waals surface area contributed by atoms with Gasteiger partial charge in [-0.25, -0.2) is 8.42 Å². The number of rotatable bonds is 9. The fourth-order valence-electron chi connectivity index (χ4n) is 3.43. The molecular weight excluding hydrogens is 454 g/mol. The summed E-state index contributed by atoms with van der Waals surface area (Å²) in [5.41, 5.74) is 6.64. The normalized spacial score (nSPS) is 14.1. The molecule has 9 nitrogen and oxygen atoms in total. The van der Waals surface area contributed by atoms with Crippen LogP contribution >= 0.6 is 11.3 Å². The van der Waals surface area contributed by atoms with Crippen molar-refractivity contribution in [2.45, 2.75) is 44.0 Å². The van der Waals surface area contributed by atoms with Gasteiger partial charge in [0.05, 0.1) is 10.5 Å². The molecule has 32 heavy (non-hydrogen) atoms. The highest BCUT2D eigenvalue weighted by atomic mass is 32.2. The van der Waals surface area contributed by atoms with Crippen molar-refractivity contribution in [2.24, 2.45) is 11.7 Å².